The molecule has 2 heteroatoms. The van der Waals surface area contributed by atoms with Crippen molar-refractivity contribution in [1.82, 2.24) is 0 Å². The highest BCUT2D eigenvalue weighted by Crippen LogP contribution is 2.19. The number of nitrogens with zero attached hydrogens (tertiary/aromatic N) is 1. The van der Waals surface area contributed by atoms with Crippen LogP contribution in [-0.2, 0) is 0 Å². The first-order chi connectivity index (χ1) is 8.79. The highest BCUT2D eigenvalue weighted by molar-refractivity contribution is 5.79. The van der Waals surface area contributed by atoms with Crippen molar-refractivity contribution in [2.45, 2.75) is 13.0 Å². The lowest BCUT2D eigenvalue weighted by Gasteiger charge is -2.07. The van der Waals surface area contributed by atoms with Crippen LogP contribution in [0.3, 0.4) is 0 Å². The minimum atomic E-state index is 0.149. The van der Waals surface area contributed by atoms with Crippen LogP contribution in [0.5, 0.6) is 5.75 Å². The Morgan fingerprint density at radius 2 is 1.67 bits per heavy atom. The standard InChI is InChI=1S/C16H17NO/c1-13(15-8-10-16(18-2)11-9-15)17-12-14-6-4-3-5-7-14/h3-13H,1-2H3/b17-12+/t13-/m0/s1. The van der Waals surface area contributed by atoms with Gasteiger partial charge in [-0.15, -0.1) is 0 Å². The number of ether oxygens (including phenoxy) is 1. The van der Waals surface area contributed by atoms with Crippen LogP contribution in [-0.4, -0.2) is 13.3 Å². The molecule has 0 amide bonds. The first kappa shape index (κ1) is 12.4. The molecule has 2 aromatic rings. The van der Waals surface area contributed by atoms with E-state index in [0.29, 0.717) is 0 Å². The lowest BCUT2D eigenvalue weighted by Crippen LogP contribution is -1.91. The Morgan fingerprint density at radius 3 is 2.28 bits per heavy atom. The second-order valence-corrected chi connectivity index (χ2v) is 4.14. The van der Waals surface area contributed by atoms with Crippen molar-refractivity contribution in [3.05, 3.63) is 65.7 Å². The summed E-state index contributed by atoms with van der Waals surface area (Å²) in [5.74, 6) is 0.873. The molecule has 92 valence electrons. The predicted molar refractivity (Wildman–Crippen MR) is 75.4 cm³/mol. The molecule has 0 fully saturated rings. The Labute approximate surface area is 108 Å². The predicted octanol–water partition coefficient (Wildman–Crippen LogP) is 3.88. The maximum absolute atomic E-state index is 5.14. The molecule has 2 aromatic carbocycles. The van der Waals surface area contributed by atoms with Gasteiger partial charge in [0.1, 0.15) is 5.75 Å². The van der Waals surface area contributed by atoms with E-state index in [4.69, 9.17) is 4.74 Å². The van der Waals surface area contributed by atoms with Gasteiger partial charge in [0, 0.05) is 6.21 Å². The van der Waals surface area contributed by atoms with Gasteiger partial charge in [-0.2, -0.15) is 0 Å². The third kappa shape index (κ3) is 3.20. The van der Waals surface area contributed by atoms with E-state index in [0.717, 1.165) is 11.3 Å². The van der Waals surface area contributed by atoms with Gasteiger partial charge in [-0.25, -0.2) is 0 Å². The molecule has 2 nitrogen and oxygen atoms in total. The molecule has 18 heavy (non-hydrogen) atoms. The second-order valence-electron chi connectivity index (χ2n) is 4.14. The van der Waals surface area contributed by atoms with Gasteiger partial charge in [0.25, 0.3) is 0 Å². The lowest BCUT2D eigenvalue weighted by molar-refractivity contribution is 0.414. The molecule has 2 rings (SSSR count). The molecular weight excluding hydrogens is 222 g/mol. The fraction of sp³-hybridized carbons (Fsp3) is 0.188. The van der Waals surface area contributed by atoms with Crippen molar-refractivity contribution in [3.8, 4) is 5.75 Å². The summed E-state index contributed by atoms with van der Waals surface area (Å²) >= 11 is 0. The van der Waals surface area contributed by atoms with Crippen LogP contribution in [0, 0.1) is 0 Å². The van der Waals surface area contributed by atoms with Crippen LogP contribution in [0.2, 0.25) is 0 Å². The van der Waals surface area contributed by atoms with Crippen LogP contribution >= 0.6 is 0 Å². The molecular formula is C16H17NO. The van der Waals surface area contributed by atoms with Crippen LogP contribution in [0.15, 0.2) is 59.6 Å². The zero-order valence-corrected chi connectivity index (χ0v) is 10.7. The SMILES string of the molecule is COc1ccc([C@H](C)/N=C/c2ccccc2)cc1. The van der Waals surface area contributed by atoms with E-state index in [-0.39, 0.29) is 6.04 Å². The van der Waals surface area contributed by atoms with E-state index in [1.165, 1.54) is 5.56 Å². The van der Waals surface area contributed by atoms with Gasteiger partial charge in [-0.05, 0) is 30.2 Å². The van der Waals surface area contributed by atoms with Gasteiger partial charge in [0.2, 0.25) is 0 Å². The molecule has 0 bridgehead atoms. The van der Waals surface area contributed by atoms with E-state index in [9.17, 15) is 0 Å². The van der Waals surface area contributed by atoms with E-state index in [1.807, 2.05) is 60.8 Å². The van der Waals surface area contributed by atoms with Crippen molar-refractivity contribution in [2.75, 3.05) is 7.11 Å². The van der Waals surface area contributed by atoms with Gasteiger partial charge >= 0.3 is 0 Å². The molecule has 0 heterocycles. The summed E-state index contributed by atoms with van der Waals surface area (Å²) in [7, 11) is 1.67. The molecule has 0 aliphatic rings. The molecule has 0 aliphatic heterocycles. The molecule has 0 spiro atoms. The zero-order chi connectivity index (χ0) is 12.8. The van der Waals surface area contributed by atoms with Crippen molar-refractivity contribution >= 4 is 6.21 Å². The normalized spacial score (nSPS) is 12.6. The lowest BCUT2D eigenvalue weighted by atomic mass is 10.1. The number of benzene rings is 2. The number of rotatable bonds is 4. The van der Waals surface area contributed by atoms with E-state index in [1.54, 1.807) is 7.11 Å². The highest BCUT2D eigenvalue weighted by Gasteiger charge is 2.02. The quantitative estimate of drug-likeness (QED) is 0.742. The summed E-state index contributed by atoms with van der Waals surface area (Å²) in [4.78, 5) is 4.55. The van der Waals surface area contributed by atoms with Gasteiger partial charge in [-0.1, -0.05) is 42.5 Å². The van der Waals surface area contributed by atoms with Crippen LogP contribution in [0.25, 0.3) is 0 Å². The van der Waals surface area contributed by atoms with Crippen molar-refractivity contribution in [2.24, 2.45) is 4.99 Å². The largest absolute Gasteiger partial charge is 0.497 e. The Balaban J connectivity index is 2.07. The van der Waals surface area contributed by atoms with Crippen molar-refractivity contribution in [1.29, 1.82) is 0 Å². The molecule has 0 aliphatic carbocycles. The van der Waals surface area contributed by atoms with Gasteiger partial charge in [-0.3, -0.25) is 4.99 Å². The fourth-order valence-electron chi connectivity index (χ4n) is 1.71. The van der Waals surface area contributed by atoms with Gasteiger partial charge in [0.05, 0.1) is 13.2 Å². The first-order valence-electron chi connectivity index (χ1n) is 6.02. The maximum Gasteiger partial charge on any atom is 0.118 e. The number of hydrogen-bond donors (Lipinski definition) is 0. The number of hydrogen-bond acceptors (Lipinski definition) is 2. The molecule has 1 atom stereocenters. The molecule has 0 aromatic heterocycles. The van der Waals surface area contributed by atoms with E-state index < -0.39 is 0 Å². The minimum absolute atomic E-state index is 0.149. The molecule has 0 N–H and O–H groups in total. The monoisotopic (exact) mass is 239 g/mol. The Morgan fingerprint density at radius 1 is 1.00 bits per heavy atom. The fourth-order valence-corrected chi connectivity index (χ4v) is 1.71. The summed E-state index contributed by atoms with van der Waals surface area (Å²) in [6, 6.07) is 18.3. The third-order valence-electron chi connectivity index (χ3n) is 2.84. The molecule has 0 saturated carbocycles. The Kier molecular flexibility index (Phi) is 4.13. The second kappa shape index (κ2) is 6.01. The summed E-state index contributed by atoms with van der Waals surface area (Å²) < 4.78 is 5.14. The molecule has 0 radical (unpaired) electrons. The third-order valence-corrected chi connectivity index (χ3v) is 2.84. The Bertz CT molecular complexity index is 502. The van der Waals surface area contributed by atoms with Gasteiger partial charge in [0.15, 0.2) is 0 Å². The van der Waals surface area contributed by atoms with Crippen molar-refractivity contribution in [3.63, 3.8) is 0 Å². The molecule has 0 unspecified atom stereocenters. The number of aliphatic imine (C=N–C) groups is 1. The topological polar surface area (TPSA) is 21.6 Å². The average molecular weight is 239 g/mol. The average Bonchev–Trinajstić information content (AvgIpc) is 2.46. The maximum atomic E-state index is 5.14. The summed E-state index contributed by atoms with van der Waals surface area (Å²) in [5, 5.41) is 0. The Hall–Kier alpha value is -2.09. The minimum Gasteiger partial charge on any atom is -0.497 e. The van der Waals surface area contributed by atoms with Crippen LogP contribution < -0.4 is 4.74 Å². The summed E-state index contributed by atoms with van der Waals surface area (Å²) in [6.07, 6.45) is 1.91. The van der Waals surface area contributed by atoms with Crippen LogP contribution in [0.1, 0.15) is 24.1 Å². The van der Waals surface area contributed by atoms with Crippen LogP contribution in [0.4, 0.5) is 0 Å². The first-order valence-corrected chi connectivity index (χ1v) is 6.02. The summed E-state index contributed by atoms with van der Waals surface area (Å²) in [5.41, 5.74) is 2.31. The summed E-state index contributed by atoms with van der Waals surface area (Å²) in [6.45, 7) is 2.08. The van der Waals surface area contributed by atoms with Crippen molar-refractivity contribution < 1.29 is 4.74 Å². The molecule has 0 saturated heterocycles. The smallest absolute Gasteiger partial charge is 0.118 e. The van der Waals surface area contributed by atoms with Gasteiger partial charge < -0.3 is 4.74 Å². The van der Waals surface area contributed by atoms with E-state index >= 15 is 0 Å². The number of methoxy groups -OCH3 is 1. The zero-order valence-electron chi connectivity index (χ0n) is 10.7. The van der Waals surface area contributed by atoms with E-state index in [2.05, 4.69) is 11.9 Å². The highest BCUT2D eigenvalue weighted by atomic mass is 16.5.